The molecule has 0 aliphatic heterocycles. The summed E-state index contributed by atoms with van der Waals surface area (Å²) in [5.41, 5.74) is 9.99. The van der Waals surface area contributed by atoms with E-state index in [0.717, 1.165) is 33.3 Å². The van der Waals surface area contributed by atoms with Crippen LogP contribution in [-0.4, -0.2) is 4.57 Å². The van der Waals surface area contributed by atoms with Crippen LogP contribution in [0.1, 0.15) is 0 Å². The average molecular weight is 629 g/mol. The van der Waals surface area contributed by atoms with E-state index in [1.807, 2.05) is 18.2 Å². The molecule has 0 radical (unpaired) electrons. The highest BCUT2D eigenvalue weighted by Crippen LogP contribution is 2.36. The van der Waals surface area contributed by atoms with Crippen LogP contribution in [-0.2, 0) is 0 Å². The van der Waals surface area contributed by atoms with Gasteiger partial charge >= 0.3 is 0 Å². The minimum absolute atomic E-state index is 0.886. The molecule has 2 aromatic heterocycles. The van der Waals surface area contributed by atoms with Crippen LogP contribution in [0.4, 0.5) is 11.4 Å². The van der Waals surface area contributed by atoms with Crippen LogP contribution in [0.15, 0.2) is 192 Å². The van der Waals surface area contributed by atoms with Crippen molar-refractivity contribution >= 4 is 65.9 Å². The molecule has 232 valence electrons. The van der Waals surface area contributed by atoms with Crippen molar-refractivity contribution in [2.24, 2.45) is 0 Å². The Morgan fingerprint density at radius 1 is 0.408 bits per heavy atom. The van der Waals surface area contributed by atoms with Gasteiger partial charge in [-0.15, -0.1) is 0 Å². The largest absolute Gasteiger partial charge is 0.454 e. The Balaban J connectivity index is 0.000000147. The number of rotatable bonds is 4. The number of hydrogen-bond acceptors (Lipinski definition) is 2. The van der Waals surface area contributed by atoms with Crippen LogP contribution >= 0.6 is 0 Å². The predicted octanol–water partition coefficient (Wildman–Crippen LogP) is 12.9. The highest BCUT2D eigenvalue weighted by molar-refractivity contribution is 6.10. The van der Waals surface area contributed by atoms with Gasteiger partial charge in [0.2, 0.25) is 0 Å². The fourth-order valence-corrected chi connectivity index (χ4v) is 6.99. The van der Waals surface area contributed by atoms with Gasteiger partial charge in [0.15, 0.2) is 5.58 Å². The van der Waals surface area contributed by atoms with Crippen LogP contribution in [0.25, 0.3) is 71.3 Å². The van der Waals surface area contributed by atoms with Gasteiger partial charge in [-0.1, -0.05) is 140 Å². The molecule has 0 atom stereocenters. The molecular formula is C46H32N2O. The molecule has 0 saturated heterocycles. The zero-order chi connectivity index (χ0) is 32.6. The summed E-state index contributed by atoms with van der Waals surface area (Å²) < 4.78 is 8.46. The highest BCUT2D eigenvalue weighted by atomic mass is 16.3. The fraction of sp³-hybridized carbons (Fsp3) is 0. The second kappa shape index (κ2) is 12.2. The number of aromatic nitrogens is 1. The van der Waals surface area contributed by atoms with Crippen molar-refractivity contribution < 1.29 is 4.42 Å². The molecule has 0 aliphatic rings. The SMILES string of the molecule is c1ccc(-n2c3ccccc3c3ccccc32)cc1.c1ccc2c(-c3ccc(Nc4cccc5c4oc4ccccc45)cc3)cccc2c1. The smallest absolute Gasteiger partial charge is 0.158 e. The Kier molecular flexibility index (Phi) is 7.14. The Morgan fingerprint density at radius 2 is 0.980 bits per heavy atom. The second-order valence-electron chi connectivity index (χ2n) is 12.2. The van der Waals surface area contributed by atoms with Crippen LogP contribution in [0.5, 0.6) is 0 Å². The molecule has 49 heavy (non-hydrogen) atoms. The number of para-hydroxylation sites is 5. The van der Waals surface area contributed by atoms with E-state index in [0.29, 0.717) is 0 Å². The summed E-state index contributed by atoms with van der Waals surface area (Å²) in [6.45, 7) is 0. The summed E-state index contributed by atoms with van der Waals surface area (Å²) in [6, 6.07) is 65.6. The third kappa shape index (κ3) is 5.18. The zero-order valence-electron chi connectivity index (χ0n) is 26.8. The van der Waals surface area contributed by atoms with Crippen LogP contribution in [0, 0.1) is 0 Å². The lowest BCUT2D eigenvalue weighted by Gasteiger charge is -2.10. The summed E-state index contributed by atoms with van der Waals surface area (Å²) in [5, 5.41) is 10.9. The molecule has 1 N–H and O–H groups in total. The molecule has 3 nitrogen and oxygen atoms in total. The van der Waals surface area contributed by atoms with Crippen molar-refractivity contribution in [1.29, 1.82) is 0 Å². The molecular weight excluding hydrogens is 597 g/mol. The van der Waals surface area contributed by atoms with Gasteiger partial charge in [-0.05, 0) is 70.4 Å². The number of nitrogens with one attached hydrogen (secondary N) is 1. The minimum atomic E-state index is 0.886. The van der Waals surface area contributed by atoms with Gasteiger partial charge in [-0.25, -0.2) is 0 Å². The third-order valence-corrected chi connectivity index (χ3v) is 9.26. The van der Waals surface area contributed by atoms with Crippen molar-refractivity contribution in [2.45, 2.75) is 0 Å². The first-order valence-electron chi connectivity index (χ1n) is 16.6. The second-order valence-corrected chi connectivity index (χ2v) is 12.2. The van der Waals surface area contributed by atoms with E-state index in [1.54, 1.807) is 0 Å². The Hall–Kier alpha value is -6.58. The molecule has 0 bridgehead atoms. The lowest BCUT2D eigenvalue weighted by molar-refractivity contribution is 0.670. The molecule has 0 amide bonds. The minimum Gasteiger partial charge on any atom is -0.454 e. The molecule has 10 aromatic rings. The van der Waals surface area contributed by atoms with Crippen LogP contribution in [0.3, 0.4) is 0 Å². The van der Waals surface area contributed by atoms with Gasteiger partial charge in [-0.2, -0.15) is 0 Å². The van der Waals surface area contributed by atoms with Crippen LogP contribution in [0.2, 0.25) is 0 Å². The van der Waals surface area contributed by atoms with Gasteiger partial charge < -0.3 is 14.3 Å². The van der Waals surface area contributed by atoms with Gasteiger partial charge in [0.05, 0.1) is 16.7 Å². The first-order valence-corrected chi connectivity index (χ1v) is 16.6. The van der Waals surface area contributed by atoms with E-state index in [1.165, 1.54) is 49.4 Å². The highest BCUT2D eigenvalue weighted by Gasteiger charge is 2.12. The van der Waals surface area contributed by atoms with Crippen molar-refractivity contribution in [3.8, 4) is 16.8 Å². The average Bonchev–Trinajstić information content (AvgIpc) is 3.72. The monoisotopic (exact) mass is 628 g/mol. The summed E-state index contributed by atoms with van der Waals surface area (Å²) in [7, 11) is 0. The van der Waals surface area contributed by atoms with Gasteiger partial charge in [0, 0.05) is 32.9 Å². The van der Waals surface area contributed by atoms with Gasteiger partial charge in [-0.3, -0.25) is 0 Å². The molecule has 10 rings (SSSR count). The number of anilines is 2. The predicted molar refractivity (Wildman–Crippen MR) is 207 cm³/mol. The van der Waals surface area contributed by atoms with Gasteiger partial charge in [0.25, 0.3) is 0 Å². The van der Waals surface area contributed by atoms with E-state index < -0.39 is 0 Å². The van der Waals surface area contributed by atoms with Crippen molar-refractivity contribution in [3.05, 3.63) is 188 Å². The molecule has 8 aromatic carbocycles. The number of fused-ring (bicyclic) bond motifs is 7. The molecule has 3 heteroatoms. The molecule has 0 unspecified atom stereocenters. The number of hydrogen-bond donors (Lipinski definition) is 1. The first-order chi connectivity index (χ1) is 24.3. The molecule has 2 heterocycles. The summed E-state index contributed by atoms with van der Waals surface area (Å²) in [6.07, 6.45) is 0. The number of benzene rings is 8. The lowest BCUT2D eigenvalue weighted by atomic mass is 9.98. The quantitative estimate of drug-likeness (QED) is 0.210. The van der Waals surface area contributed by atoms with E-state index in [9.17, 15) is 0 Å². The zero-order valence-corrected chi connectivity index (χ0v) is 26.8. The Bertz CT molecular complexity index is 2680. The summed E-state index contributed by atoms with van der Waals surface area (Å²) in [5.74, 6) is 0. The maximum atomic E-state index is 6.13. The molecule has 0 saturated carbocycles. The standard InChI is InChI=1S/C28H19NO.C18H13N/c1-2-9-22-19(7-1)8-5-11-23(22)20-15-17-21(18-16-20)29-26-13-6-12-25-24-10-3-4-14-27(24)30-28(25)26;1-2-8-14(9-3-1)19-17-12-6-4-10-15(17)16-11-5-7-13-18(16)19/h1-18,29H;1-13H. The summed E-state index contributed by atoms with van der Waals surface area (Å²) >= 11 is 0. The summed E-state index contributed by atoms with van der Waals surface area (Å²) in [4.78, 5) is 0. The Morgan fingerprint density at radius 3 is 1.73 bits per heavy atom. The molecule has 0 spiro atoms. The molecule has 0 aliphatic carbocycles. The number of furan rings is 1. The normalized spacial score (nSPS) is 11.3. The third-order valence-electron chi connectivity index (χ3n) is 9.26. The number of nitrogens with zero attached hydrogens (tertiary/aromatic N) is 1. The first kappa shape index (κ1) is 28.6. The van der Waals surface area contributed by atoms with E-state index in [4.69, 9.17) is 4.42 Å². The fourth-order valence-electron chi connectivity index (χ4n) is 6.99. The van der Waals surface area contributed by atoms with E-state index >= 15 is 0 Å². The lowest BCUT2D eigenvalue weighted by Crippen LogP contribution is -1.92. The van der Waals surface area contributed by atoms with E-state index in [2.05, 4.69) is 180 Å². The van der Waals surface area contributed by atoms with E-state index in [-0.39, 0.29) is 0 Å². The Labute approximate surface area is 284 Å². The maximum absolute atomic E-state index is 6.13. The molecule has 0 fully saturated rings. The maximum Gasteiger partial charge on any atom is 0.158 e. The van der Waals surface area contributed by atoms with Crippen molar-refractivity contribution in [3.63, 3.8) is 0 Å². The van der Waals surface area contributed by atoms with Gasteiger partial charge in [0.1, 0.15) is 5.58 Å². The van der Waals surface area contributed by atoms with Crippen molar-refractivity contribution in [2.75, 3.05) is 5.32 Å². The topological polar surface area (TPSA) is 30.1 Å². The van der Waals surface area contributed by atoms with Crippen LogP contribution < -0.4 is 5.32 Å². The van der Waals surface area contributed by atoms with Crippen molar-refractivity contribution in [1.82, 2.24) is 4.57 Å².